The standard InChI is InChI=1S/C15H20N4/c1-4-8-16-14-9-12(5-2)18-15(19-14)13-7-6-11(3)10-17-13/h6-7,9-10H,4-5,8H2,1-3H3,(H,16,18,19). The van der Waals surface area contributed by atoms with Gasteiger partial charge in [-0.25, -0.2) is 9.97 Å². The highest BCUT2D eigenvalue weighted by atomic mass is 15.0. The first-order chi connectivity index (χ1) is 9.22. The molecule has 1 N–H and O–H groups in total. The molecule has 0 atom stereocenters. The number of pyridine rings is 1. The summed E-state index contributed by atoms with van der Waals surface area (Å²) in [6.45, 7) is 7.17. The van der Waals surface area contributed by atoms with Gasteiger partial charge in [-0.2, -0.15) is 0 Å². The summed E-state index contributed by atoms with van der Waals surface area (Å²) in [5.41, 5.74) is 2.99. The Morgan fingerprint density at radius 1 is 1.16 bits per heavy atom. The number of anilines is 1. The fraction of sp³-hybridized carbons (Fsp3) is 0.400. The van der Waals surface area contributed by atoms with Crippen molar-refractivity contribution in [2.24, 2.45) is 0 Å². The Bertz CT molecular complexity index is 534. The van der Waals surface area contributed by atoms with Gasteiger partial charge < -0.3 is 5.32 Å². The molecule has 2 heterocycles. The smallest absolute Gasteiger partial charge is 0.180 e. The van der Waals surface area contributed by atoms with E-state index >= 15 is 0 Å². The maximum Gasteiger partial charge on any atom is 0.180 e. The van der Waals surface area contributed by atoms with E-state index in [9.17, 15) is 0 Å². The predicted molar refractivity (Wildman–Crippen MR) is 78.2 cm³/mol. The van der Waals surface area contributed by atoms with Crippen LogP contribution in [0, 0.1) is 6.92 Å². The van der Waals surface area contributed by atoms with Crippen LogP contribution in [0.5, 0.6) is 0 Å². The van der Waals surface area contributed by atoms with Crippen LogP contribution in [0.15, 0.2) is 24.4 Å². The summed E-state index contributed by atoms with van der Waals surface area (Å²) in [4.78, 5) is 13.5. The average Bonchev–Trinajstić information content (AvgIpc) is 2.45. The fourth-order valence-electron chi connectivity index (χ4n) is 1.74. The van der Waals surface area contributed by atoms with Crippen LogP contribution in [0.3, 0.4) is 0 Å². The molecule has 0 saturated carbocycles. The quantitative estimate of drug-likeness (QED) is 0.892. The van der Waals surface area contributed by atoms with Gasteiger partial charge in [0.25, 0.3) is 0 Å². The number of aromatic nitrogens is 3. The van der Waals surface area contributed by atoms with E-state index < -0.39 is 0 Å². The highest BCUT2D eigenvalue weighted by molar-refractivity contribution is 5.53. The first-order valence-electron chi connectivity index (χ1n) is 6.77. The van der Waals surface area contributed by atoms with Crippen molar-refractivity contribution >= 4 is 5.82 Å². The summed E-state index contributed by atoms with van der Waals surface area (Å²) in [7, 11) is 0. The lowest BCUT2D eigenvalue weighted by Crippen LogP contribution is -2.05. The number of hydrogen-bond acceptors (Lipinski definition) is 4. The summed E-state index contributed by atoms with van der Waals surface area (Å²) >= 11 is 0. The third-order valence-electron chi connectivity index (χ3n) is 2.84. The van der Waals surface area contributed by atoms with Crippen molar-refractivity contribution in [3.05, 3.63) is 35.7 Å². The molecule has 4 heteroatoms. The fourth-order valence-corrected chi connectivity index (χ4v) is 1.74. The Labute approximate surface area is 114 Å². The molecule has 2 rings (SSSR count). The molecule has 2 aromatic rings. The van der Waals surface area contributed by atoms with Crippen molar-refractivity contribution in [1.82, 2.24) is 15.0 Å². The van der Waals surface area contributed by atoms with Crippen LogP contribution in [0.2, 0.25) is 0 Å². The molecule has 0 aliphatic carbocycles. The molecule has 0 fully saturated rings. The SMILES string of the molecule is CCCNc1cc(CC)nc(-c2ccc(C)cn2)n1. The Hall–Kier alpha value is -1.97. The number of rotatable bonds is 5. The van der Waals surface area contributed by atoms with E-state index in [0.29, 0.717) is 5.82 Å². The average molecular weight is 256 g/mol. The van der Waals surface area contributed by atoms with Gasteiger partial charge in [-0.3, -0.25) is 4.98 Å². The molecule has 0 aliphatic rings. The molecule has 0 radical (unpaired) electrons. The Morgan fingerprint density at radius 3 is 2.63 bits per heavy atom. The van der Waals surface area contributed by atoms with E-state index in [1.807, 2.05) is 31.3 Å². The lowest BCUT2D eigenvalue weighted by molar-refractivity contribution is 0.949. The molecule has 19 heavy (non-hydrogen) atoms. The van der Waals surface area contributed by atoms with E-state index in [1.54, 1.807) is 0 Å². The second-order valence-corrected chi connectivity index (χ2v) is 4.57. The molecule has 4 nitrogen and oxygen atoms in total. The zero-order valence-electron chi connectivity index (χ0n) is 11.8. The highest BCUT2D eigenvalue weighted by Gasteiger charge is 2.07. The molecule has 0 saturated heterocycles. The molecular weight excluding hydrogens is 236 g/mol. The molecule has 0 bridgehead atoms. The Balaban J connectivity index is 2.35. The molecule has 0 amide bonds. The monoisotopic (exact) mass is 256 g/mol. The number of hydrogen-bond donors (Lipinski definition) is 1. The second kappa shape index (κ2) is 6.27. The van der Waals surface area contributed by atoms with Crippen molar-refractivity contribution in [2.45, 2.75) is 33.6 Å². The summed E-state index contributed by atoms with van der Waals surface area (Å²) in [5, 5.41) is 3.31. The Morgan fingerprint density at radius 2 is 2.00 bits per heavy atom. The van der Waals surface area contributed by atoms with Gasteiger partial charge in [-0.15, -0.1) is 0 Å². The van der Waals surface area contributed by atoms with Crippen LogP contribution in [-0.4, -0.2) is 21.5 Å². The largest absolute Gasteiger partial charge is 0.370 e. The maximum absolute atomic E-state index is 4.55. The van der Waals surface area contributed by atoms with Crippen LogP contribution >= 0.6 is 0 Å². The minimum absolute atomic E-state index is 0.693. The van der Waals surface area contributed by atoms with Gasteiger partial charge >= 0.3 is 0 Å². The Kier molecular flexibility index (Phi) is 4.44. The molecule has 0 unspecified atom stereocenters. The molecular formula is C15H20N4. The first-order valence-corrected chi connectivity index (χ1v) is 6.77. The maximum atomic E-state index is 4.55. The van der Waals surface area contributed by atoms with E-state index in [2.05, 4.69) is 34.1 Å². The number of nitrogens with one attached hydrogen (secondary N) is 1. The summed E-state index contributed by atoms with van der Waals surface area (Å²) in [6.07, 6.45) is 3.81. The van der Waals surface area contributed by atoms with Gasteiger partial charge in [-0.1, -0.05) is 19.9 Å². The lowest BCUT2D eigenvalue weighted by Gasteiger charge is -2.08. The minimum atomic E-state index is 0.693. The van der Waals surface area contributed by atoms with Crippen LogP contribution < -0.4 is 5.32 Å². The third kappa shape index (κ3) is 3.50. The summed E-state index contributed by atoms with van der Waals surface area (Å²) in [6, 6.07) is 6.00. The zero-order valence-corrected chi connectivity index (χ0v) is 11.8. The third-order valence-corrected chi connectivity index (χ3v) is 2.84. The van der Waals surface area contributed by atoms with Crippen LogP contribution in [0.25, 0.3) is 11.5 Å². The molecule has 0 aromatic carbocycles. The van der Waals surface area contributed by atoms with Crippen molar-refractivity contribution in [2.75, 3.05) is 11.9 Å². The van der Waals surface area contributed by atoms with Crippen LogP contribution in [-0.2, 0) is 6.42 Å². The predicted octanol–water partition coefficient (Wildman–Crippen LogP) is 3.23. The first kappa shape index (κ1) is 13.5. The molecule has 100 valence electrons. The van der Waals surface area contributed by atoms with Gasteiger partial charge in [0.2, 0.25) is 0 Å². The molecule has 0 aliphatic heterocycles. The summed E-state index contributed by atoms with van der Waals surface area (Å²) in [5.74, 6) is 1.57. The van der Waals surface area contributed by atoms with Crippen molar-refractivity contribution in [3.63, 3.8) is 0 Å². The van der Waals surface area contributed by atoms with E-state index in [4.69, 9.17) is 0 Å². The molecule has 0 spiro atoms. The van der Waals surface area contributed by atoms with Gasteiger partial charge in [0.05, 0.1) is 0 Å². The minimum Gasteiger partial charge on any atom is -0.370 e. The van der Waals surface area contributed by atoms with Crippen molar-refractivity contribution < 1.29 is 0 Å². The second-order valence-electron chi connectivity index (χ2n) is 4.57. The van der Waals surface area contributed by atoms with Crippen LogP contribution in [0.4, 0.5) is 5.82 Å². The van der Waals surface area contributed by atoms with Crippen molar-refractivity contribution in [1.29, 1.82) is 0 Å². The highest BCUT2D eigenvalue weighted by Crippen LogP contribution is 2.16. The van der Waals surface area contributed by atoms with E-state index in [1.165, 1.54) is 0 Å². The number of nitrogens with zero attached hydrogens (tertiary/aromatic N) is 3. The van der Waals surface area contributed by atoms with Gasteiger partial charge in [0, 0.05) is 24.5 Å². The normalized spacial score (nSPS) is 10.5. The zero-order chi connectivity index (χ0) is 13.7. The van der Waals surface area contributed by atoms with E-state index in [-0.39, 0.29) is 0 Å². The van der Waals surface area contributed by atoms with Gasteiger partial charge in [0.1, 0.15) is 11.5 Å². The van der Waals surface area contributed by atoms with E-state index in [0.717, 1.165) is 42.2 Å². The summed E-state index contributed by atoms with van der Waals surface area (Å²) < 4.78 is 0. The lowest BCUT2D eigenvalue weighted by atomic mass is 10.2. The molecule has 2 aromatic heterocycles. The topological polar surface area (TPSA) is 50.7 Å². The number of aryl methyl sites for hydroxylation is 2. The van der Waals surface area contributed by atoms with Gasteiger partial charge in [-0.05, 0) is 31.4 Å². The van der Waals surface area contributed by atoms with Gasteiger partial charge in [0.15, 0.2) is 5.82 Å². The van der Waals surface area contributed by atoms with Crippen LogP contribution in [0.1, 0.15) is 31.5 Å². The van der Waals surface area contributed by atoms with Crippen molar-refractivity contribution in [3.8, 4) is 11.5 Å².